The van der Waals surface area contributed by atoms with Gasteiger partial charge in [-0.05, 0) is 117 Å². The van der Waals surface area contributed by atoms with Gasteiger partial charge in [-0.3, -0.25) is 0 Å². The van der Waals surface area contributed by atoms with Gasteiger partial charge in [0.1, 0.15) is 11.2 Å². The fourth-order valence-corrected chi connectivity index (χ4v) is 10.7. The van der Waals surface area contributed by atoms with E-state index in [1.54, 1.807) is 0 Å². The first-order chi connectivity index (χ1) is 31.7. The number of hydrogen-bond acceptors (Lipinski definition) is 2. The number of rotatable bonds is 7. The Hall–Kier alpha value is -8.40. The predicted octanol–water partition coefficient (Wildman–Crippen LogP) is 16.2. The molecule has 1 aliphatic carbocycles. The molecule has 1 aliphatic rings. The largest absolute Gasteiger partial charge is 0.456 e. The molecular formula is C61H40N2O. The second kappa shape index (κ2) is 14.3. The van der Waals surface area contributed by atoms with Gasteiger partial charge in [-0.25, -0.2) is 0 Å². The summed E-state index contributed by atoms with van der Waals surface area (Å²) in [6.45, 7) is 0. The zero-order valence-corrected chi connectivity index (χ0v) is 34.9. The zero-order valence-electron chi connectivity index (χ0n) is 34.9. The minimum Gasteiger partial charge on any atom is -0.456 e. The van der Waals surface area contributed by atoms with Gasteiger partial charge in [0.25, 0.3) is 0 Å². The monoisotopic (exact) mass is 816 g/mol. The van der Waals surface area contributed by atoms with Crippen molar-refractivity contribution in [3.05, 3.63) is 265 Å². The van der Waals surface area contributed by atoms with Crippen LogP contribution in [0.3, 0.4) is 0 Å². The third kappa shape index (κ3) is 5.41. The van der Waals surface area contributed by atoms with Gasteiger partial charge in [-0.2, -0.15) is 0 Å². The molecule has 3 nitrogen and oxygen atoms in total. The van der Waals surface area contributed by atoms with E-state index in [0.29, 0.717) is 0 Å². The normalized spacial score (nSPS) is 12.8. The van der Waals surface area contributed by atoms with Crippen LogP contribution in [0.2, 0.25) is 0 Å². The highest BCUT2D eigenvalue weighted by Gasteiger charge is 2.45. The van der Waals surface area contributed by atoms with E-state index in [1.165, 1.54) is 55.2 Å². The van der Waals surface area contributed by atoms with Crippen molar-refractivity contribution in [2.24, 2.45) is 0 Å². The lowest BCUT2D eigenvalue weighted by Gasteiger charge is -2.34. The van der Waals surface area contributed by atoms with Crippen molar-refractivity contribution >= 4 is 60.8 Å². The molecule has 0 radical (unpaired) electrons. The molecule has 13 rings (SSSR count). The van der Waals surface area contributed by atoms with E-state index in [2.05, 4.69) is 240 Å². The van der Waals surface area contributed by atoms with E-state index in [9.17, 15) is 0 Å². The van der Waals surface area contributed by atoms with Crippen LogP contribution in [0.5, 0.6) is 0 Å². The third-order valence-corrected chi connectivity index (χ3v) is 13.5. The Kier molecular flexibility index (Phi) is 8.13. The van der Waals surface area contributed by atoms with Crippen LogP contribution in [0.1, 0.15) is 22.3 Å². The molecule has 64 heavy (non-hydrogen) atoms. The van der Waals surface area contributed by atoms with Crippen LogP contribution < -0.4 is 4.90 Å². The number of benzene rings is 10. The summed E-state index contributed by atoms with van der Waals surface area (Å²) in [5.74, 6) is 0. The predicted molar refractivity (Wildman–Crippen MR) is 265 cm³/mol. The minimum absolute atomic E-state index is 0.475. The van der Waals surface area contributed by atoms with Crippen LogP contribution in [0.25, 0.3) is 71.7 Å². The van der Waals surface area contributed by atoms with Crippen molar-refractivity contribution in [1.29, 1.82) is 0 Å². The Bertz CT molecular complexity index is 3630. The molecule has 2 heterocycles. The SMILES string of the molecule is c1ccc(C2(c3ccc(N(c4ccc(-c5ccc6oc7ccccc7c6c5)cc4)c4cccc(-n5c6ccccc6c6ccccc65)c4)cc3)c3ccccc3-c3ccccc32)cc1. The maximum atomic E-state index is 6.17. The summed E-state index contributed by atoms with van der Waals surface area (Å²) in [6.07, 6.45) is 0. The number of para-hydroxylation sites is 3. The molecule has 0 atom stereocenters. The van der Waals surface area contributed by atoms with Crippen molar-refractivity contribution in [2.45, 2.75) is 5.41 Å². The molecule has 2 aromatic heterocycles. The van der Waals surface area contributed by atoms with Crippen molar-refractivity contribution in [2.75, 3.05) is 4.90 Å². The molecule has 0 saturated carbocycles. The fourth-order valence-electron chi connectivity index (χ4n) is 10.7. The molecule has 0 spiro atoms. The number of furan rings is 1. The quantitative estimate of drug-likeness (QED) is 0.160. The molecule has 12 aromatic rings. The number of hydrogen-bond donors (Lipinski definition) is 0. The van der Waals surface area contributed by atoms with Gasteiger partial charge in [0.2, 0.25) is 0 Å². The Balaban J connectivity index is 0.976. The molecule has 0 saturated heterocycles. The van der Waals surface area contributed by atoms with Crippen molar-refractivity contribution in [3.63, 3.8) is 0 Å². The van der Waals surface area contributed by atoms with E-state index in [1.807, 2.05) is 12.1 Å². The van der Waals surface area contributed by atoms with Gasteiger partial charge < -0.3 is 13.9 Å². The highest BCUT2D eigenvalue weighted by Crippen LogP contribution is 2.56. The molecular weight excluding hydrogens is 777 g/mol. The summed E-state index contributed by atoms with van der Waals surface area (Å²) in [5.41, 5.74) is 18.0. The third-order valence-electron chi connectivity index (χ3n) is 13.5. The van der Waals surface area contributed by atoms with E-state index in [-0.39, 0.29) is 0 Å². The summed E-state index contributed by atoms with van der Waals surface area (Å²) in [7, 11) is 0. The molecule has 3 heteroatoms. The van der Waals surface area contributed by atoms with Gasteiger partial charge in [0, 0.05) is 44.3 Å². The average Bonchev–Trinajstić information content (AvgIpc) is 4.01. The molecule has 0 amide bonds. The zero-order chi connectivity index (χ0) is 42.2. The molecule has 0 unspecified atom stereocenters. The fraction of sp³-hybridized carbons (Fsp3) is 0.0164. The first-order valence-electron chi connectivity index (χ1n) is 22.0. The van der Waals surface area contributed by atoms with Crippen molar-refractivity contribution in [1.82, 2.24) is 4.57 Å². The van der Waals surface area contributed by atoms with E-state index in [4.69, 9.17) is 4.42 Å². The van der Waals surface area contributed by atoms with Gasteiger partial charge in [0.15, 0.2) is 0 Å². The summed E-state index contributed by atoms with van der Waals surface area (Å²) in [6, 6.07) is 88.4. The summed E-state index contributed by atoms with van der Waals surface area (Å²) >= 11 is 0. The lowest BCUT2D eigenvalue weighted by Crippen LogP contribution is -2.28. The molecule has 10 aromatic carbocycles. The van der Waals surface area contributed by atoms with Crippen molar-refractivity contribution < 1.29 is 4.42 Å². The van der Waals surface area contributed by atoms with Crippen LogP contribution >= 0.6 is 0 Å². The van der Waals surface area contributed by atoms with Crippen LogP contribution in [0.15, 0.2) is 247 Å². The second-order valence-corrected chi connectivity index (χ2v) is 16.8. The topological polar surface area (TPSA) is 21.3 Å². The van der Waals surface area contributed by atoms with E-state index >= 15 is 0 Å². The Morgan fingerprint density at radius 1 is 0.344 bits per heavy atom. The number of fused-ring (bicyclic) bond motifs is 9. The summed E-state index contributed by atoms with van der Waals surface area (Å²) in [5, 5.41) is 4.75. The maximum absolute atomic E-state index is 6.17. The number of aromatic nitrogens is 1. The van der Waals surface area contributed by atoms with Crippen LogP contribution in [0, 0.1) is 0 Å². The highest BCUT2D eigenvalue weighted by atomic mass is 16.3. The minimum atomic E-state index is -0.475. The molecule has 0 bridgehead atoms. The van der Waals surface area contributed by atoms with E-state index in [0.717, 1.165) is 55.8 Å². The maximum Gasteiger partial charge on any atom is 0.135 e. The standard InChI is InChI=1S/C61H40N2O/c1-2-15-43(16-3-1)61(55-24-9-4-19-49(55)50-20-5-10-25-56(50)61)44-32-36-46(37-33-44)62(45-34-29-41(30-35-45)42-31-38-60-54(39-42)53-23-8-13-28-59(53)64-60)47-17-14-18-48(40-47)63-57-26-11-6-21-51(57)52-22-7-12-27-58(52)63/h1-40H. The van der Waals surface area contributed by atoms with Gasteiger partial charge in [-0.1, -0.05) is 170 Å². The Morgan fingerprint density at radius 3 is 1.56 bits per heavy atom. The van der Waals surface area contributed by atoms with Crippen LogP contribution in [0.4, 0.5) is 17.1 Å². The van der Waals surface area contributed by atoms with Crippen molar-refractivity contribution in [3.8, 4) is 27.9 Å². The summed E-state index contributed by atoms with van der Waals surface area (Å²) in [4.78, 5) is 2.39. The molecule has 300 valence electrons. The first kappa shape index (κ1) is 36.3. The van der Waals surface area contributed by atoms with E-state index < -0.39 is 5.41 Å². The first-order valence-corrected chi connectivity index (χ1v) is 22.0. The van der Waals surface area contributed by atoms with Crippen LogP contribution in [-0.4, -0.2) is 4.57 Å². The highest BCUT2D eigenvalue weighted by molar-refractivity contribution is 6.09. The lowest BCUT2D eigenvalue weighted by molar-refractivity contribution is 0.669. The summed E-state index contributed by atoms with van der Waals surface area (Å²) < 4.78 is 8.57. The number of anilines is 3. The Labute approximate surface area is 371 Å². The Morgan fingerprint density at radius 2 is 0.875 bits per heavy atom. The molecule has 0 N–H and O–H groups in total. The smallest absolute Gasteiger partial charge is 0.135 e. The van der Waals surface area contributed by atoms with Gasteiger partial charge >= 0.3 is 0 Å². The van der Waals surface area contributed by atoms with Crippen LogP contribution in [-0.2, 0) is 5.41 Å². The lowest BCUT2D eigenvalue weighted by atomic mass is 9.68. The molecule has 0 fully saturated rings. The second-order valence-electron chi connectivity index (χ2n) is 16.8. The number of nitrogens with zero attached hydrogens (tertiary/aromatic N) is 2. The molecule has 0 aliphatic heterocycles. The van der Waals surface area contributed by atoms with Gasteiger partial charge in [-0.15, -0.1) is 0 Å². The van der Waals surface area contributed by atoms with Gasteiger partial charge in [0.05, 0.1) is 16.4 Å². The average molecular weight is 817 g/mol.